The molecule has 0 aromatic heterocycles. The predicted octanol–water partition coefficient (Wildman–Crippen LogP) is 4.23. The Kier molecular flexibility index (Phi) is 10.1. The van der Waals surface area contributed by atoms with Crippen molar-refractivity contribution in [1.82, 2.24) is 9.62 Å². The molecule has 2 N–H and O–H groups in total. The second kappa shape index (κ2) is 12.9. The van der Waals surface area contributed by atoms with E-state index in [4.69, 9.17) is 19.5 Å². The molecule has 0 radical (unpaired) electrons. The molecule has 0 fully saturated rings. The summed E-state index contributed by atoms with van der Waals surface area (Å²) in [6, 6.07) is 14.9. The highest BCUT2D eigenvalue weighted by Gasteiger charge is 2.36. The lowest BCUT2D eigenvalue weighted by molar-refractivity contribution is 0.0392. The highest BCUT2D eigenvalue weighted by Crippen LogP contribution is 2.35. The number of amides is 1. The van der Waals surface area contributed by atoms with E-state index in [-0.39, 0.29) is 37.6 Å². The molecule has 10 nitrogen and oxygen atoms in total. The molecular weight excluding hydrogens is 534 g/mol. The number of sulfonamides is 1. The fourth-order valence-corrected chi connectivity index (χ4v) is 5.99. The third-order valence-electron chi connectivity index (χ3n) is 6.36. The van der Waals surface area contributed by atoms with Crippen LogP contribution in [0.1, 0.15) is 53.0 Å². The molecule has 2 aromatic carbocycles. The molecule has 0 saturated carbocycles. The van der Waals surface area contributed by atoms with Crippen molar-refractivity contribution < 1.29 is 32.5 Å². The Morgan fingerprint density at radius 2 is 1.80 bits per heavy atom. The van der Waals surface area contributed by atoms with Crippen LogP contribution in [0.3, 0.4) is 0 Å². The number of nitrogens with zero attached hydrogens (tertiary/aromatic N) is 2. The van der Waals surface area contributed by atoms with Crippen molar-refractivity contribution in [1.29, 1.82) is 5.26 Å². The molecule has 3 rings (SSSR count). The molecule has 2 atom stereocenters. The van der Waals surface area contributed by atoms with Crippen molar-refractivity contribution >= 4 is 16.1 Å². The molecule has 40 heavy (non-hydrogen) atoms. The first-order valence-electron chi connectivity index (χ1n) is 13.2. The van der Waals surface area contributed by atoms with E-state index in [0.717, 1.165) is 5.56 Å². The molecule has 0 saturated heterocycles. The van der Waals surface area contributed by atoms with Crippen LogP contribution in [0.25, 0.3) is 0 Å². The summed E-state index contributed by atoms with van der Waals surface area (Å²) < 4.78 is 45.2. The summed E-state index contributed by atoms with van der Waals surface area (Å²) >= 11 is 0. The van der Waals surface area contributed by atoms with Gasteiger partial charge in [0.1, 0.15) is 5.60 Å². The van der Waals surface area contributed by atoms with Gasteiger partial charge in [-0.2, -0.15) is 9.57 Å². The predicted molar refractivity (Wildman–Crippen MR) is 149 cm³/mol. The smallest absolute Gasteiger partial charge is 0.407 e. The first kappa shape index (κ1) is 31.2. The van der Waals surface area contributed by atoms with Gasteiger partial charge in [0.2, 0.25) is 16.8 Å². The fraction of sp³-hybridized carbons (Fsp3) is 0.517. The van der Waals surface area contributed by atoms with Gasteiger partial charge >= 0.3 is 6.09 Å². The van der Waals surface area contributed by atoms with Gasteiger partial charge in [-0.05, 0) is 56.7 Å². The van der Waals surface area contributed by atoms with Crippen LogP contribution in [-0.4, -0.2) is 61.6 Å². The fourth-order valence-electron chi connectivity index (χ4n) is 4.33. The Hall–Kier alpha value is -3.33. The molecule has 0 bridgehead atoms. The molecule has 1 heterocycles. The first-order valence-corrected chi connectivity index (χ1v) is 14.6. The first-order chi connectivity index (χ1) is 18.7. The van der Waals surface area contributed by atoms with Gasteiger partial charge in [-0.3, -0.25) is 0 Å². The van der Waals surface area contributed by atoms with E-state index in [0.29, 0.717) is 17.9 Å². The highest BCUT2D eigenvalue weighted by molar-refractivity contribution is 7.89. The molecule has 1 aliphatic rings. The summed E-state index contributed by atoms with van der Waals surface area (Å²) in [7, 11) is -4.13. The van der Waals surface area contributed by atoms with E-state index >= 15 is 0 Å². The van der Waals surface area contributed by atoms with Gasteiger partial charge in [-0.25, -0.2) is 13.2 Å². The molecule has 1 aliphatic heterocycles. The number of aliphatic hydroxyl groups is 1. The number of hydrogen-bond donors (Lipinski definition) is 2. The van der Waals surface area contributed by atoms with Gasteiger partial charge in [0, 0.05) is 25.6 Å². The lowest BCUT2D eigenvalue weighted by Gasteiger charge is -2.35. The van der Waals surface area contributed by atoms with E-state index in [9.17, 15) is 18.3 Å². The minimum Gasteiger partial charge on any atom is -0.454 e. The number of benzene rings is 2. The summed E-state index contributed by atoms with van der Waals surface area (Å²) in [4.78, 5) is 12.7. The van der Waals surface area contributed by atoms with Crippen molar-refractivity contribution in [2.75, 3.05) is 19.9 Å². The van der Waals surface area contributed by atoms with E-state index < -0.39 is 39.3 Å². The number of nitriles is 1. The lowest BCUT2D eigenvalue weighted by Crippen LogP contribution is -2.52. The maximum atomic E-state index is 14.0. The van der Waals surface area contributed by atoms with Crippen LogP contribution in [0.2, 0.25) is 0 Å². The number of rotatable bonds is 12. The molecule has 1 amide bonds. The number of carbonyl (C=O) groups excluding carboxylic acids is 1. The van der Waals surface area contributed by atoms with Gasteiger partial charge in [0.25, 0.3) is 0 Å². The Morgan fingerprint density at radius 3 is 2.45 bits per heavy atom. The van der Waals surface area contributed by atoms with Gasteiger partial charge < -0.3 is 24.6 Å². The van der Waals surface area contributed by atoms with Crippen LogP contribution < -0.4 is 14.8 Å². The third kappa shape index (κ3) is 8.84. The largest absolute Gasteiger partial charge is 0.454 e. The quantitative estimate of drug-likeness (QED) is 0.385. The summed E-state index contributed by atoms with van der Waals surface area (Å²) in [5, 5.41) is 23.3. The second-order valence-electron chi connectivity index (χ2n) is 11.6. The van der Waals surface area contributed by atoms with Crippen molar-refractivity contribution in [3.63, 3.8) is 0 Å². The van der Waals surface area contributed by atoms with Crippen LogP contribution in [0.15, 0.2) is 53.4 Å². The molecule has 0 aliphatic carbocycles. The number of nitrogens with one attached hydrogen (secondary N) is 1. The van der Waals surface area contributed by atoms with Crippen LogP contribution in [0.5, 0.6) is 11.5 Å². The maximum Gasteiger partial charge on any atom is 0.407 e. The normalized spacial score (nSPS) is 14.8. The van der Waals surface area contributed by atoms with Crippen molar-refractivity contribution in [2.45, 2.75) is 76.5 Å². The summed E-state index contributed by atoms with van der Waals surface area (Å²) in [6.45, 7) is 8.68. The highest BCUT2D eigenvalue weighted by atomic mass is 32.2. The molecular formula is C29H39N3O7S. The zero-order chi connectivity index (χ0) is 29.6. The molecule has 0 spiro atoms. The minimum atomic E-state index is -4.13. The van der Waals surface area contributed by atoms with Crippen molar-refractivity contribution in [3.05, 3.63) is 54.1 Å². The zero-order valence-corrected chi connectivity index (χ0v) is 24.5. The number of fused-ring (bicyclic) bond motifs is 1. The number of alkyl carbamates (subject to hydrolysis) is 1. The summed E-state index contributed by atoms with van der Waals surface area (Å²) in [5.74, 6) is 0.767. The summed E-state index contributed by atoms with van der Waals surface area (Å²) in [5.41, 5.74) is -0.486. The molecule has 218 valence electrons. The topological polar surface area (TPSA) is 138 Å². The number of aliphatic hydroxyl groups excluding tert-OH is 1. The monoisotopic (exact) mass is 573 g/mol. The van der Waals surface area contributed by atoms with Crippen LogP contribution >= 0.6 is 0 Å². The lowest BCUT2D eigenvalue weighted by atomic mass is 9.88. The number of hydrogen-bond acceptors (Lipinski definition) is 8. The Morgan fingerprint density at radius 1 is 1.12 bits per heavy atom. The van der Waals surface area contributed by atoms with Crippen LogP contribution in [0, 0.1) is 16.7 Å². The van der Waals surface area contributed by atoms with Crippen LogP contribution in [-0.2, 0) is 21.2 Å². The standard InChI is InChI=1S/C29H39N3O7S/c1-28(2,3)39-27(34)31-23(16-21-10-7-6-8-11-21)24(33)18-32(19-29(4,5)14-9-15-30)40(35,36)22-12-13-25-26(17-22)38-20-37-25/h6-8,10-13,17,23-24,33H,9,14,16,18-20H2,1-5H3,(H,31,34)/t23-,24?/m0/s1. The SMILES string of the molecule is CC(C)(CCC#N)CN(CC(O)[C@H](Cc1ccccc1)NC(=O)OC(C)(C)C)S(=O)(=O)c1ccc2c(c1)OCO2. The Balaban J connectivity index is 1.93. The Labute approximate surface area is 236 Å². The van der Waals surface area contributed by atoms with E-state index in [1.165, 1.54) is 22.5 Å². The zero-order valence-electron chi connectivity index (χ0n) is 23.7. The second-order valence-corrected chi connectivity index (χ2v) is 13.6. The van der Waals surface area contributed by atoms with Gasteiger partial charge in [0.05, 0.1) is 23.1 Å². The van der Waals surface area contributed by atoms with Gasteiger partial charge in [-0.1, -0.05) is 44.2 Å². The van der Waals surface area contributed by atoms with Crippen molar-refractivity contribution in [2.24, 2.45) is 5.41 Å². The van der Waals surface area contributed by atoms with E-state index in [1.54, 1.807) is 20.8 Å². The van der Waals surface area contributed by atoms with Crippen LogP contribution in [0.4, 0.5) is 4.79 Å². The van der Waals surface area contributed by atoms with E-state index in [1.807, 2.05) is 44.2 Å². The third-order valence-corrected chi connectivity index (χ3v) is 8.16. The number of ether oxygens (including phenoxy) is 3. The molecule has 2 aromatic rings. The average Bonchev–Trinajstić information content (AvgIpc) is 3.34. The molecule has 11 heteroatoms. The van der Waals surface area contributed by atoms with Gasteiger partial charge in [-0.15, -0.1) is 0 Å². The Bertz CT molecular complexity index is 1300. The average molecular weight is 574 g/mol. The number of carbonyl (C=O) groups is 1. The minimum absolute atomic E-state index is 0.0000454. The van der Waals surface area contributed by atoms with E-state index in [2.05, 4.69) is 11.4 Å². The summed E-state index contributed by atoms with van der Waals surface area (Å²) in [6.07, 6.45) is -1.05. The van der Waals surface area contributed by atoms with Crippen molar-refractivity contribution in [3.8, 4) is 17.6 Å². The maximum absolute atomic E-state index is 14.0. The molecule has 1 unspecified atom stereocenters. The van der Waals surface area contributed by atoms with Gasteiger partial charge in [0.15, 0.2) is 11.5 Å².